The zero-order valence-electron chi connectivity index (χ0n) is 13.4. The van der Waals surface area contributed by atoms with Crippen molar-refractivity contribution in [2.75, 3.05) is 5.75 Å². The summed E-state index contributed by atoms with van der Waals surface area (Å²) in [4.78, 5) is 11.9. The minimum atomic E-state index is -3.61. The van der Waals surface area contributed by atoms with Crippen LogP contribution in [0.5, 0.6) is 0 Å². The van der Waals surface area contributed by atoms with Crippen molar-refractivity contribution < 1.29 is 22.8 Å². The Labute approximate surface area is 144 Å². The van der Waals surface area contributed by atoms with E-state index in [1.807, 2.05) is 30.3 Å². The van der Waals surface area contributed by atoms with E-state index in [1.54, 1.807) is 6.07 Å². The lowest BCUT2D eigenvalue weighted by Crippen LogP contribution is -2.61. The maximum absolute atomic E-state index is 11.9. The molecular formula is C16H19N3O5S. The van der Waals surface area contributed by atoms with Crippen LogP contribution in [0.3, 0.4) is 0 Å². The second kappa shape index (κ2) is 6.58. The first-order chi connectivity index (χ1) is 11.8. The van der Waals surface area contributed by atoms with Gasteiger partial charge in [0.1, 0.15) is 5.54 Å². The maximum Gasteiger partial charge on any atom is 0.237 e. The Morgan fingerprint density at radius 1 is 1.40 bits per heavy atom. The Hall–Kier alpha value is -2.23. The Morgan fingerprint density at radius 3 is 2.76 bits per heavy atom. The van der Waals surface area contributed by atoms with Gasteiger partial charge in [-0.25, -0.2) is 8.42 Å². The lowest BCUT2D eigenvalue weighted by Gasteiger charge is -2.37. The van der Waals surface area contributed by atoms with Gasteiger partial charge in [0, 0.05) is 24.6 Å². The molecule has 2 aromatic rings. The fraction of sp³-hybridized carbons (Fsp3) is 0.375. The molecule has 1 amide bonds. The summed E-state index contributed by atoms with van der Waals surface area (Å²) in [7, 11) is -3.61. The third-order valence-electron chi connectivity index (χ3n) is 4.45. The van der Waals surface area contributed by atoms with Crippen LogP contribution >= 0.6 is 0 Å². The van der Waals surface area contributed by atoms with Crippen LogP contribution in [0.25, 0.3) is 11.3 Å². The van der Waals surface area contributed by atoms with Crippen LogP contribution in [-0.4, -0.2) is 41.3 Å². The van der Waals surface area contributed by atoms with Gasteiger partial charge in [0.25, 0.3) is 0 Å². The molecule has 1 aromatic carbocycles. The molecular weight excluding hydrogens is 346 g/mol. The van der Waals surface area contributed by atoms with E-state index in [2.05, 4.69) is 10.5 Å². The van der Waals surface area contributed by atoms with Crippen molar-refractivity contribution in [2.45, 2.75) is 30.4 Å². The average Bonchev–Trinajstić information content (AvgIpc) is 3.06. The minimum absolute atomic E-state index is 0.00508. The molecule has 2 heterocycles. The number of nitrogens with one attached hydrogen (secondary N) is 1. The highest BCUT2D eigenvalue weighted by Crippen LogP contribution is 2.28. The zero-order valence-corrected chi connectivity index (χ0v) is 14.2. The second-order valence-corrected chi connectivity index (χ2v) is 8.40. The Morgan fingerprint density at radius 2 is 2.12 bits per heavy atom. The van der Waals surface area contributed by atoms with Crippen LogP contribution in [0.2, 0.25) is 0 Å². The van der Waals surface area contributed by atoms with Gasteiger partial charge in [-0.05, 0) is 6.42 Å². The van der Waals surface area contributed by atoms with E-state index < -0.39 is 26.7 Å². The lowest BCUT2D eigenvalue weighted by molar-refractivity contribution is -0.125. The van der Waals surface area contributed by atoms with Crippen LogP contribution < -0.4 is 11.1 Å². The number of sulfone groups is 1. The predicted molar refractivity (Wildman–Crippen MR) is 89.7 cm³/mol. The normalized spacial score (nSPS) is 25.6. The van der Waals surface area contributed by atoms with E-state index in [0.717, 1.165) is 5.56 Å². The van der Waals surface area contributed by atoms with E-state index in [-0.39, 0.29) is 25.1 Å². The Balaban J connectivity index is 1.73. The van der Waals surface area contributed by atoms with E-state index in [4.69, 9.17) is 10.3 Å². The predicted octanol–water partition coefficient (Wildman–Crippen LogP) is 0.182. The summed E-state index contributed by atoms with van der Waals surface area (Å²) in [5.41, 5.74) is 3.96. The summed E-state index contributed by atoms with van der Waals surface area (Å²) in [5.74, 6) is -0.428. The molecule has 4 N–H and O–H groups in total. The molecule has 9 heteroatoms. The summed E-state index contributed by atoms with van der Waals surface area (Å²) in [6.07, 6.45) is -0.279. The van der Waals surface area contributed by atoms with E-state index in [1.165, 1.54) is 0 Å². The molecule has 1 saturated heterocycles. The summed E-state index contributed by atoms with van der Waals surface area (Å²) >= 11 is 0. The van der Waals surface area contributed by atoms with Crippen LogP contribution in [0.15, 0.2) is 40.9 Å². The molecule has 134 valence electrons. The highest BCUT2D eigenvalue weighted by Gasteiger charge is 2.46. The summed E-state index contributed by atoms with van der Waals surface area (Å²) in [6.45, 7) is 0.159. The molecule has 0 aliphatic carbocycles. The monoisotopic (exact) mass is 365 g/mol. The molecule has 3 rings (SSSR count). The van der Waals surface area contributed by atoms with Gasteiger partial charge in [0.05, 0.1) is 11.4 Å². The molecule has 1 fully saturated rings. The number of aromatic nitrogens is 1. The number of nitrogens with two attached hydrogens (primary N) is 1. The average molecular weight is 365 g/mol. The van der Waals surface area contributed by atoms with E-state index >= 15 is 0 Å². The number of benzene rings is 1. The standard InChI is InChI=1S/C16H19N3O5S/c17-15(21)16(6-7-25(22,23)14(20)9-16)18-10-12-8-13(24-19-12)11-4-2-1-3-5-11/h1-5,8,14,18,20H,6-7,9-10H2,(H2,17,21). The van der Waals surface area contributed by atoms with Gasteiger partial charge in [-0.1, -0.05) is 35.5 Å². The number of hydrogen-bond donors (Lipinski definition) is 3. The van der Waals surface area contributed by atoms with Crippen LogP contribution in [0, 0.1) is 0 Å². The third kappa shape index (κ3) is 3.58. The van der Waals surface area contributed by atoms with E-state index in [0.29, 0.717) is 11.5 Å². The van der Waals surface area contributed by atoms with Crippen molar-refractivity contribution in [3.63, 3.8) is 0 Å². The van der Waals surface area contributed by atoms with Gasteiger partial charge in [-0.3, -0.25) is 10.1 Å². The SMILES string of the molecule is NC(=O)C1(NCc2cc(-c3ccccc3)on2)CCS(=O)(=O)C(O)C1. The molecule has 0 radical (unpaired) electrons. The van der Waals surface area contributed by atoms with Gasteiger partial charge in [-0.15, -0.1) is 0 Å². The van der Waals surface area contributed by atoms with Gasteiger partial charge in [0.15, 0.2) is 21.0 Å². The first kappa shape index (κ1) is 17.6. The molecule has 0 bridgehead atoms. The molecule has 1 aromatic heterocycles. The fourth-order valence-electron chi connectivity index (χ4n) is 2.84. The zero-order chi connectivity index (χ0) is 18.1. The van der Waals surface area contributed by atoms with E-state index in [9.17, 15) is 18.3 Å². The van der Waals surface area contributed by atoms with Crippen molar-refractivity contribution in [1.82, 2.24) is 10.5 Å². The number of rotatable bonds is 5. The number of aliphatic hydroxyl groups excluding tert-OH is 1. The van der Waals surface area contributed by atoms with Gasteiger partial charge >= 0.3 is 0 Å². The quantitative estimate of drug-likeness (QED) is 0.688. The van der Waals surface area contributed by atoms with Gasteiger partial charge in [-0.2, -0.15) is 0 Å². The molecule has 2 unspecified atom stereocenters. The lowest BCUT2D eigenvalue weighted by atomic mass is 9.90. The van der Waals surface area contributed by atoms with Crippen molar-refractivity contribution in [3.05, 3.63) is 42.1 Å². The molecule has 1 aliphatic heterocycles. The first-order valence-electron chi connectivity index (χ1n) is 7.78. The number of primary amides is 1. The highest BCUT2D eigenvalue weighted by atomic mass is 32.2. The molecule has 2 atom stereocenters. The Bertz CT molecular complexity index is 865. The maximum atomic E-state index is 11.9. The minimum Gasteiger partial charge on any atom is -0.377 e. The second-order valence-electron chi connectivity index (χ2n) is 6.12. The van der Waals surface area contributed by atoms with Crippen molar-refractivity contribution in [1.29, 1.82) is 0 Å². The number of carbonyl (C=O) groups is 1. The smallest absolute Gasteiger partial charge is 0.237 e. The van der Waals surface area contributed by atoms with Crippen LogP contribution in [-0.2, 0) is 21.2 Å². The first-order valence-corrected chi connectivity index (χ1v) is 9.49. The number of nitrogens with zero attached hydrogens (tertiary/aromatic N) is 1. The molecule has 0 spiro atoms. The van der Waals surface area contributed by atoms with Gasteiger partial charge in [0.2, 0.25) is 5.91 Å². The summed E-state index contributed by atoms with van der Waals surface area (Å²) in [6, 6.07) is 11.1. The largest absolute Gasteiger partial charge is 0.377 e. The van der Waals surface area contributed by atoms with Crippen LogP contribution in [0.1, 0.15) is 18.5 Å². The highest BCUT2D eigenvalue weighted by molar-refractivity contribution is 7.91. The third-order valence-corrected chi connectivity index (χ3v) is 6.22. The van der Waals surface area contributed by atoms with Gasteiger partial charge < -0.3 is 15.4 Å². The number of hydrogen-bond acceptors (Lipinski definition) is 7. The van der Waals surface area contributed by atoms with Crippen molar-refractivity contribution in [2.24, 2.45) is 5.73 Å². The summed E-state index contributed by atoms with van der Waals surface area (Å²) < 4.78 is 28.6. The van der Waals surface area contributed by atoms with Crippen molar-refractivity contribution in [3.8, 4) is 11.3 Å². The van der Waals surface area contributed by atoms with Crippen molar-refractivity contribution >= 4 is 15.7 Å². The molecule has 8 nitrogen and oxygen atoms in total. The molecule has 1 aliphatic rings. The number of aliphatic hydroxyl groups is 1. The number of amides is 1. The molecule has 0 saturated carbocycles. The molecule has 25 heavy (non-hydrogen) atoms. The van der Waals surface area contributed by atoms with Crippen LogP contribution in [0.4, 0.5) is 0 Å². The fourth-order valence-corrected chi connectivity index (χ4v) is 4.29. The number of carbonyl (C=O) groups excluding carboxylic acids is 1. The Kier molecular flexibility index (Phi) is 4.63. The topological polar surface area (TPSA) is 136 Å². The summed E-state index contributed by atoms with van der Waals surface area (Å²) in [5, 5.41) is 16.7.